The third kappa shape index (κ3) is 5.41. The molecule has 0 fully saturated rings. The maximum atomic E-state index is 12.0. The number of hydrogen-bond donors (Lipinski definition) is 1. The maximum Gasteiger partial charge on any atom is 0.242 e. The van der Waals surface area contributed by atoms with E-state index < -0.39 is 10.0 Å². The molecule has 0 amide bonds. The summed E-state index contributed by atoms with van der Waals surface area (Å²) in [5.41, 5.74) is 1.41. The van der Waals surface area contributed by atoms with Crippen molar-refractivity contribution in [3.8, 4) is 0 Å². The second-order valence-corrected chi connectivity index (χ2v) is 8.99. The monoisotopic (exact) mass is 312 g/mol. The van der Waals surface area contributed by atoms with E-state index in [2.05, 4.69) is 33.0 Å². The fraction of sp³-hybridized carbons (Fsp3) is 0.625. The standard InChI is InChI=1S/C16H28N2O2S/c1-13(17-12-11-16(2,3)4)14-7-9-15(10-8-14)21(19,20)18(5)6/h7-10,13,17H,11-12H2,1-6H3. The highest BCUT2D eigenvalue weighted by Crippen LogP contribution is 2.20. The topological polar surface area (TPSA) is 49.4 Å². The van der Waals surface area contributed by atoms with Crippen molar-refractivity contribution in [1.82, 2.24) is 9.62 Å². The maximum absolute atomic E-state index is 12.0. The molecule has 4 nitrogen and oxygen atoms in total. The molecule has 5 heteroatoms. The van der Waals surface area contributed by atoms with E-state index in [-0.39, 0.29) is 6.04 Å². The summed E-state index contributed by atoms with van der Waals surface area (Å²) in [5.74, 6) is 0. The Labute approximate surface area is 129 Å². The predicted molar refractivity (Wildman–Crippen MR) is 87.8 cm³/mol. The van der Waals surface area contributed by atoms with Gasteiger partial charge in [0.1, 0.15) is 0 Å². The van der Waals surface area contributed by atoms with Crippen molar-refractivity contribution in [2.45, 2.75) is 45.1 Å². The van der Waals surface area contributed by atoms with Crippen LogP contribution in [0.4, 0.5) is 0 Å². The first kappa shape index (κ1) is 18.1. The van der Waals surface area contributed by atoms with Crippen molar-refractivity contribution in [3.63, 3.8) is 0 Å². The quantitative estimate of drug-likeness (QED) is 0.878. The van der Waals surface area contributed by atoms with Gasteiger partial charge in [0.2, 0.25) is 10.0 Å². The van der Waals surface area contributed by atoms with Gasteiger partial charge in [-0.1, -0.05) is 32.9 Å². The van der Waals surface area contributed by atoms with Crippen molar-refractivity contribution in [1.29, 1.82) is 0 Å². The van der Waals surface area contributed by atoms with Crippen molar-refractivity contribution < 1.29 is 8.42 Å². The molecule has 1 N–H and O–H groups in total. The number of sulfonamides is 1. The van der Waals surface area contributed by atoms with Crippen molar-refractivity contribution in [2.24, 2.45) is 5.41 Å². The first-order chi connectivity index (χ1) is 9.54. The van der Waals surface area contributed by atoms with E-state index in [1.54, 1.807) is 26.2 Å². The van der Waals surface area contributed by atoms with E-state index in [1.165, 1.54) is 4.31 Å². The molecule has 0 spiro atoms. The Morgan fingerprint density at radius 2 is 1.67 bits per heavy atom. The average Bonchev–Trinajstić information content (AvgIpc) is 2.37. The molecule has 1 aromatic rings. The van der Waals surface area contributed by atoms with Gasteiger partial charge >= 0.3 is 0 Å². The largest absolute Gasteiger partial charge is 0.310 e. The molecule has 0 aliphatic carbocycles. The van der Waals surface area contributed by atoms with Crippen LogP contribution < -0.4 is 5.32 Å². The Balaban J connectivity index is 2.70. The summed E-state index contributed by atoms with van der Waals surface area (Å²) in [7, 11) is -0.260. The van der Waals surface area contributed by atoms with Gasteiger partial charge in [-0.3, -0.25) is 0 Å². The lowest BCUT2D eigenvalue weighted by Gasteiger charge is -2.21. The van der Waals surface area contributed by atoms with Crippen molar-refractivity contribution in [3.05, 3.63) is 29.8 Å². The molecule has 21 heavy (non-hydrogen) atoms. The van der Waals surface area contributed by atoms with Gasteiger partial charge in [-0.15, -0.1) is 0 Å². The lowest BCUT2D eigenvalue weighted by atomic mass is 9.92. The molecule has 0 aromatic heterocycles. The lowest BCUT2D eigenvalue weighted by molar-refractivity contribution is 0.358. The summed E-state index contributed by atoms with van der Waals surface area (Å²) < 4.78 is 25.2. The van der Waals surface area contributed by atoms with Crippen molar-refractivity contribution >= 4 is 10.0 Å². The number of benzene rings is 1. The van der Waals surface area contributed by atoms with Crippen LogP contribution in [0, 0.1) is 5.41 Å². The zero-order valence-electron chi connectivity index (χ0n) is 14.0. The van der Waals surface area contributed by atoms with Crippen LogP contribution in [0.2, 0.25) is 0 Å². The van der Waals surface area contributed by atoms with Crippen LogP contribution in [0.5, 0.6) is 0 Å². The highest BCUT2D eigenvalue weighted by Gasteiger charge is 2.17. The minimum Gasteiger partial charge on any atom is -0.310 e. The van der Waals surface area contributed by atoms with E-state index in [9.17, 15) is 8.42 Å². The minimum atomic E-state index is -3.34. The fourth-order valence-corrected chi connectivity index (χ4v) is 2.82. The van der Waals surface area contributed by atoms with Crippen LogP contribution in [-0.4, -0.2) is 33.4 Å². The smallest absolute Gasteiger partial charge is 0.242 e. The van der Waals surface area contributed by atoms with Crippen LogP contribution in [0.3, 0.4) is 0 Å². The Morgan fingerprint density at radius 1 is 1.14 bits per heavy atom. The molecular weight excluding hydrogens is 284 g/mol. The van der Waals surface area contributed by atoms with Crippen molar-refractivity contribution in [2.75, 3.05) is 20.6 Å². The minimum absolute atomic E-state index is 0.212. The zero-order valence-corrected chi connectivity index (χ0v) is 14.8. The van der Waals surface area contributed by atoms with Crippen LogP contribution in [-0.2, 0) is 10.0 Å². The van der Waals surface area contributed by atoms with E-state index in [0.717, 1.165) is 18.5 Å². The van der Waals surface area contributed by atoms with Gasteiger partial charge in [-0.2, -0.15) is 0 Å². The van der Waals surface area contributed by atoms with Gasteiger partial charge in [0, 0.05) is 20.1 Å². The Bertz CT molecular complexity index is 543. The summed E-state index contributed by atoms with van der Waals surface area (Å²) >= 11 is 0. The molecule has 0 aliphatic rings. The first-order valence-corrected chi connectivity index (χ1v) is 8.74. The normalized spacial score (nSPS) is 14.4. The molecule has 0 saturated heterocycles. The van der Waals surface area contributed by atoms with E-state index in [4.69, 9.17) is 0 Å². The molecule has 0 aliphatic heterocycles. The summed E-state index contributed by atoms with van der Waals surface area (Å²) in [5, 5.41) is 3.48. The number of nitrogens with zero attached hydrogens (tertiary/aromatic N) is 1. The molecule has 1 unspecified atom stereocenters. The molecule has 120 valence electrons. The van der Waals surface area contributed by atoms with Gasteiger partial charge in [-0.25, -0.2) is 12.7 Å². The van der Waals surface area contributed by atoms with Crippen LogP contribution >= 0.6 is 0 Å². The second kappa shape index (κ2) is 6.90. The molecular formula is C16H28N2O2S. The second-order valence-electron chi connectivity index (χ2n) is 6.84. The number of nitrogens with one attached hydrogen (secondary N) is 1. The highest BCUT2D eigenvalue weighted by molar-refractivity contribution is 7.89. The fourth-order valence-electron chi connectivity index (χ4n) is 1.92. The first-order valence-electron chi connectivity index (χ1n) is 7.30. The van der Waals surface area contributed by atoms with E-state index in [0.29, 0.717) is 10.3 Å². The average molecular weight is 312 g/mol. The van der Waals surface area contributed by atoms with Gasteiger partial charge in [0.05, 0.1) is 4.90 Å². The highest BCUT2D eigenvalue weighted by atomic mass is 32.2. The molecule has 0 saturated carbocycles. The van der Waals surface area contributed by atoms with Gasteiger partial charge in [0.25, 0.3) is 0 Å². The summed E-state index contributed by atoms with van der Waals surface area (Å²) in [6, 6.07) is 7.32. The predicted octanol–water partition coefficient (Wildman–Crippen LogP) is 3.02. The summed E-state index contributed by atoms with van der Waals surface area (Å²) in [4.78, 5) is 0.332. The Hall–Kier alpha value is -0.910. The zero-order chi connectivity index (χ0) is 16.3. The molecule has 1 aromatic carbocycles. The van der Waals surface area contributed by atoms with E-state index >= 15 is 0 Å². The Morgan fingerprint density at radius 3 is 2.10 bits per heavy atom. The third-order valence-corrected chi connectivity index (χ3v) is 5.31. The molecule has 0 radical (unpaired) electrons. The summed E-state index contributed by atoms with van der Waals surface area (Å²) in [6.45, 7) is 9.71. The van der Waals surface area contributed by atoms with Crippen LogP contribution in [0.1, 0.15) is 45.7 Å². The summed E-state index contributed by atoms with van der Waals surface area (Å²) in [6.07, 6.45) is 1.10. The number of rotatable bonds is 6. The lowest BCUT2D eigenvalue weighted by Crippen LogP contribution is -2.24. The third-order valence-electron chi connectivity index (χ3n) is 3.48. The molecule has 1 atom stereocenters. The SMILES string of the molecule is CC(NCCC(C)(C)C)c1ccc(S(=O)(=O)N(C)C)cc1. The Kier molecular flexibility index (Phi) is 5.96. The molecule has 0 bridgehead atoms. The van der Waals surface area contributed by atoms with Crippen LogP contribution in [0.15, 0.2) is 29.2 Å². The van der Waals surface area contributed by atoms with Crippen LogP contribution in [0.25, 0.3) is 0 Å². The molecule has 0 heterocycles. The van der Waals surface area contributed by atoms with Gasteiger partial charge < -0.3 is 5.32 Å². The number of hydrogen-bond acceptors (Lipinski definition) is 3. The van der Waals surface area contributed by atoms with Gasteiger partial charge in [-0.05, 0) is 43.0 Å². The van der Waals surface area contributed by atoms with E-state index in [1.807, 2.05) is 12.1 Å². The molecule has 1 rings (SSSR count). The van der Waals surface area contributed by atoms with Gasteiger partial charge in [0.15, 0.2) is 0 Å².